The number of aromatic nitrogens is 3. The fraction of sp³-hybridized carbons (Fsp3) is 0.350. The molecule has 0 aliphatic heterocycles. The lowest BCUT2D eigenvalue weighted by Gasteiger charge is -2.12. The fourth-order valence-electron chi connectivity index (χ4n) is 3.83. The monoisotopic (exact) mass is 363 g/mol. The van der Waals surface area contributed by atoms with Crippen LogP contribution in [0.15, 0.2) is 35.3 Å². The minimum Gasteiger partial charge on any atom is -0.497 e. The van der Waals surface area contributed by atoms with Crippen molar-refractivity contribution < 1.29 is 4.74 Å². The number of hydrogen-bond donors (Lipinski definition) is 1. The summed E-state index contributed by atoms with van der Waals surface area (Å²) in [6, 6.07) is 9.56. The Kier molecular flexibility index (Phi) is 4.32. The average molecular weight is 363 g/mol. The number of nitriles is 1. The Bertz CT molecular complexity index is 1100. The summed E-state index contributed by atoms with van der Waals surface area (Å²) in [6.45, 7) is 0. The molecule has 1 aliphatic carbocycles. The van der Waals surface area contributed by atoms with Crippen molar-refractivity contribution in [2.75, 3.05) is 12.4 Å². The van der Waals surface area contributed by atoms with Crippen LogP contribution in [0.4, 0.5) is 11.5 Å². The van der Waals surface area contributed by atoms with Gasteiger partial charge in [0.05, 0.1) is 35.6 Å². The molecular formula is C20H21N5O2. The van der Waals surface area contributed by atoms with Gasteiger partial charge in [-0.2, -0.15) is 5.26 Å². The maximum Gasteiger partial charge on any atom is 0.329 e. The standard InChI is InChI=1S/C20H21N5O2/c1-24-18-12-22-19(23-16-8-7-15(27-2)9-13(16)11-21)10-17(18)25(20(24)26)14-5-3-4-6-14/h7-10,12,14H,3-6H2,1-2H3,(H,22,23). The van der Waals surface area contributed by atoms with Crippen LogP contribution in [0.2, 0.25) is 0 Å². The average Bonchev–Trinajstić information content (AvgIpc) is 3.29. The second-order valence-electron chi connectivity index (χ2n) is 6.86. The summed E-state index contributed by atoms with van der Waals surface area (Å²) in [5.41, 5.74) is 2.80. The number of anilines is 2. The first-order valence-corrected chi connectivity index (χ1v) is 9.04. The molecule has 0 spiro atoms. The normalized spacial score (nSPS) is 14.4. The van der Waals surface area contributed by atoms with E-state index in [4.69, 9.17) is 4.74 Å². The van der Waals surface area contributed by atoms with Gasteiger partial charge in [-0.15, -0.1) is 0 Å². The predicted octanol–water partition coefficient (Wildman–Crippen LogP) is 3.47. The maximum atomic E-state index is 12.7. The van der Waals surface area contributed by atoms with Crippen LogP contribution in [0.1, 0.15) is 37.3 Å². The number of fused-ring (bicyclic) bond motifs is 1. The van der Waals surface area contributed by atoms with Gasteiger partial charge in [0, 0.05) is 19.2 Å². The summed E-state index contributed by atoms with van der Waals surface area (Å²) in [4.78, 5) is 17.2. The molecular weight excluding hydrogens is 342 g/mol. The number of pyridine rings is 1. The Balaban J connectivity index is 1.77. The van der Waals surface area contributed by atoms with Gasteiger partial charge in [0.25, 0.3) is 0 Å². The molecule has 3 aromatic rings. The number of hydrogen-bond acceptors (Lipinski definition) is 5. The Labute approximate surface area is 156 Å². The van der Waals surface area contributed by atoms with Crippen LogP contribution in [0, 0.1) is 11.3 Å². The van der Waals surface area contributed by atoms with E-state index in [9.17, 15) is 10.1 Å². The predicted molar refractivity (Wildman–Crippen MR) is 103 cm³/mol. The van der Waals surface area contributed by atoms with E-state index in [1.807, 2.05) is 10.6 Å². The van der Waals surface area contributed by atoms with E-state index < -0.39 is 0 Å². The van der Waals surface area contributed by atoms with Crippen molar-refractivity contribution in [3.05, 3.63) is 46.5 Å². The lowest BCUT2D eigenvalue weighted by Crippen LogP contribution is -2.24. The Morgan fingerprint density at radius 1 is 1.26 bits per heavy atom. The molecule has 1 aromatic carbocycles. The van der Waals surface area contributed by atoms with Crippen molar-refractivity contribution in [1.29, 1.82) is 5.26 Å². The second kappa shape index (κ2) is 6.80. The van der Waals surface area contributed by atoms with E-state index in [0.29, 0.717) is 22.8 Å². The molecule has 1 aliphatic rings. The maximum absolute atomic E-state index is 12.7. The summed E-state index contributed by atoms with van der Waals surface area (Å²) < 4.78 is 8.72. The topological polar surface area (TPSA) is 84.9 Å². The highest BCUT2D eigenvalue weighted by molar-refractivity contribution is 5.80. The van der Waals surface area contributed by atoms with E-state index in [1.54, 1.807) is 43.1 Å². The molecule has 1 fully saturated rings. The Morgan fingerprint density at radius 2 is 2.04 bits per heavy atom. The number of rotatable bonds is 4. The van der Waals surface area contributed by atoms with Crippen molar-refractivity contribution in [2.45, 2.75) is 31.7 Å². The number of nitrogens with one attached hydrogen (secondary N) is 1. The highest BCUT2D eigenvalue weighted by Gasteiger charge is 2.23. The van der Waals surface area contributed by atoms with Crippen molar-refractivity contribution in [2.24, 2.45) is 7.05 Å². The van der Waals surface area contributed by atoms with Gasteiger partial charge in [-0.1, -0.05) is 12.8 Å². The van der Waals surface area contributed by atoms with Crippen molar-refractivity contribution in [1.82, 2.24) is 14.1 Å². The summed E-state index contributed by atoms with van der Waals surface area (Å²) in [7, 11) is 3.35. The quantitative estimate of drug-likeness (QED) is 0.767. The molecule has 2 aromatic heterocycles. The Hall–Kier alpha value is -3.27. The zero-order chi connectivity index (χ0) is 19.0. The van der Waals surface area contributed by atoms with Crippen molar-refractivity contribution in [3.63, 3.8) is 0 Å². The smallest absolute Gasteiger partial charge is 0.329 e. The van der Waals surface area contributed by atoms with Gasteiger partial charge in [-0.3, -0.25) is 9.13 Å². The molecule has 0 unspecified atom stereocenters. The zero-order valence-corrected chi connectivity index (χ0v) is 15.4. The first-order chi connectivity index (χ1) is 13.1. The van der Waals surface area contributed by atoms with Crippen molar-refractivity contribution in [3.8, 4) is 11.8 Å². The van der Waals surface area contributed by atoms with Gasteiger partial charge < -0.3 is 10.1 Å². The molecule has 0 saturated heterocycles. The lowest BCUT2D eigenvalue weighted by atomic mass is 10.2. The van der Waals surface area contributed by atoms with Gasteiger partial charge in [-0.05, 0) is 31.0 Å². The molecule has 138 valence electrons. The number of ether oxygens (including phenoxy) is 1. The molecule has 1 N–H and O–H groups in total. The SMILES string of the molecule is COc1ccc(Nc2cc3c(cn2)n(C)c(=O)n3C2CCCC2)c(C#N)c1. The third kappa shape index (κ3) is 2.93. The van der Waals surface area contributed by atoms with Crippen LogP contribution < -0.4 is 15.7 Å². The van der Waals surface area contributed by atoms with Crippen LogP contribution in [0.5, 0.6) is 5.75 Å². The first kappa shape index (κ1) is 17.2. The molecule has 0 atom stereocenters. The fourth-order valence-corrected chi connectivity index (χ4v) is 3.83. The Morgan fingerprint density at radius 3 is 2.74 bits per heavy atom. The van der Waals surface area contributed by atoms with Crippen LogP contribution in [0.25, 0.3) is 11.0 Å². The number of nitrogens with zero attached hydrogens (tertiary/aromatic N) is 4. The molecule has 0 bridgehead atoms. The van der Waals surface area contributed by atoms with E-state index in [-0.39, 0.29) is 11.7 Å². The van der Waals surface area contributed by atoms with Gasteiger partial charge >= 0.3 is 5.69 Å². The van der Waals surface area contributed by atoms with Gasteiger partial charge in [0.15, 0.2) is 0 Å². The van der Waals surface area contributed by atoms with Gasteiger partial charge in [0.2, 0.25) is 0 Å². The summed E-state index contributed by atoms with van der Waals surface area (Å²) >= 11 is 0. The minimum atomic E-state index is -0.00184. The highest BCUT2D eigenvalue weighted by Crippen LogP contribution is 2.32. The third-order valence-corrected chi connectivity index (χ3v) is 5.28. The number of imidazole rings is 1. The first-order valence-electron chi connectivity index (χ1n) is 9.04. The number of aryl methyl sites for hydroxylation is 1. The summed E-state index contributed by atoms with van der Waals surface area (Å²) in [5.74, 6) is 1.22. The molecule has 27 heavy (non-hydrogen) atoms. The molecule has 4 rings (SSSR count). The van der Waals surface area contributed by atoms with E-state index in [0.717, 1.165) is 36.7 Å². The van der Waals surface area contributed by atoms with Crippen LogP contribution in [-0.2, 0) is 7.05 Å². The molecule has 0 amide bonds. The number of methoxy groups -OCH3 is 1. The van der Waals surface area contributed by atoms with Crippen LogP contribution in [-0.4, -0.2) is 21.2 Å². The highest BCUT2D eigenvalue weighted by atomic mass is 16.5. The van der Waals surface area contributed by atoms with Crippen molar-refractivity contribution >= 4 is 22.5 Å². The van der Waals surface area contributed by atoms with Crippen LogP contribution >= 0.6 is 0 Å². The summed E-state index contributed by atoms with van der Waals surface area (Å²) in [6.07, 6.45) is 6.07. The third-order valence-electron chi connectivity index (χ3n) is 5.28. The van der Waals surface area contributed by atoms with E-state index >= 15 is 0 Å². The van der Waals surface area contributed by atoms with E-state index in [2.05, 4.69) is 16.4 Å². The zero-order valence-electron chi connectivity index (χ0n) is 15.4. The minimum absolute atomic E-state index is 0.00184. The molecule has 7 nitrogen and oxygen atoms in total. The van der Waals surface area contributed by atoms with E-state index in [1.165, 1.54) is 0 Å². The van der Waals surface area contributed by atoms with Crippen LogP contribution in [0.3, 0.4) is 0 Å². The largest absolute Gasteiger partial charge is 0.497 e. The van der Waals surface area contributed by atoms with Gasteiger partial charge in [0.1, 0.15) is 17.6 Å². The number of benzene rings is 1. The molecule has 1 saturated carbocycles. The second-order valence-corrected chi connectivity index (χ2v) is 6.86. The molecule has 0 radical (unpaired) electrons. The molecule has 7 heteroatoms. The molecule has 2 heterocycles. The summed E-state index contributed by atoms with van der Waals surface area (Å²) in [5, 5.41) is 12.6. The lowest BCUT2D eigenvalue weighted by molar-refractivity contribution is 0.414. The van der Waals surface area contributed by atoms with Gasteiger partial charge in [-0.25, -0.2) is 9.78 Å².